The molecule has 0 aromatic rings. The lowest BCUT2D eigenvalue weighted by Gasteiger charge is -2.48. The highest BCUT2D eigenvalue weighted by molar-refractivity contribution is 5.93. The van der Waals surface area contributed by atoms with Crippen molar-refractivity contribution in [2.24, 2.45) is 17.8 Å². The van der Waals surface area contributed by atoms with Crippen molar-refractivity contribution in [1.29, 1.82) is 0 Å². The number of fused-ring (bicyclic) bond motifs is 1. The van der Waals surface area contributed by atoms with Gasteiger partial charge in [0.05, 0.1) is 30.2 Å². The highest BCUT2D eigenvalue weighted by Crippen LogP contribution is 2.73. The minimum absolute atomic E-state index is 0.0400. The molecule has 8 atom stereocenters. The first-order chi connectivity index (χ1) is 14.0. The number of allylic oxidation sites excluding steroid dienone is 1. The lowest BCUT2D eigenvalue weighted by atomic mass is 9.69. The van der Waals surface area contributed by atoms with E-state index in [-0.39, 0.29) is 36.1 Å². The average Bonchev–Trinajstić information content (AvgIpc) is 3.40. The lowest BCUT2D eigenvalue weighted by Crippen LogP contribution is -2.61. The molecule has 7 nitrogen and oxygen atoms in total. The van der Waals surface area contributed by atoms with Crippen molar-refractivity contribution in [3.05, 3.63) is 22.9 Å². The van der Waals surface area contributed by atoms with Gasteiger partial charge in [0.1, 0.15) is 5.76 Å². The number of piperidine rings is 1. The maximum absolute atomic E-state index is 12.2. The number of hydrogen-bond acceptors (Lipinski definition) is 7. The Labute approximate surface area is 170 Å². The Morgan fingerprint density at radius 2 is 2.17 bits per heavy atom. The molecule has 0 saturated carbocycles. The van der Waals surface area contributed by atoms with Gasteiger partial charge in [0.25, 0.3) is 0 Å². The third-order valence-corrected chi connectivity index (χ3v) is 8.58. The van der Waals surface area contributed by atoms with Crippen LogP contribution < -0.4 is 0 Å². The van der Waals surface area contributed by atoms with Crippen LogP contribution in [0.3, 0.4) is 0 Å². The number of nitrogens with zero attached hydrogens (tertiary/aromatic N) is 1. The molecule has 1 unspecified atom stereocenters. The maximum atomic E-state index is 12.2. The molecule has 0 aromatic heterocycles. The number of carbonyl (C=O) groups is 1. The van der Waals surface area contributed by atoms with Gasteiger partial charge in [0.2, 0.25) is 11.5 Å². The molecule has 6 rings (SSSR count). The number of esters is 1. The van der Waals surface area contributed by atoms with Crippen LogP contribution in [0.4, 0.5) is 0 Å². The molecule has 1 N–H and O–H groups in total. The Morgan fingerprint density at radius 3 is 2.93 bits per heavy atom. The van der Waals surface area contributed by atoms with E-state index in [2.05, 4.69) is 11.8 Å². The molecule has 5 saturated heterocycles. The van der Waals surface area contributed by atoms with Crippen LogP contribution in [0.5, 0.6) is 0 Å². The second-order valence-electron chi connectivity index (χ2n) is 9.50. The summed E-state index contributed by atoms with van der Waals surface area (Å²) in [6.45, 7) is 5.24. The first-order valence-electron chi connectivity index (χ1n) is 11.0. The fourth-order valence-corrected chi connectivity index (χ4v) is 7.70. The van der Waals surface area contributed by atoms with Crippen LogP contribution in [0.2, 0.25) is 0 Å². The largest absolute Gasteiger partial charge is 0.492 e. The van der Waals surface area contributed by atoms with Crippen molar-refractivity contribution in [1.82, 2.24) is 4.90 Å². The number of methoxy groups -OCH3 is 1. The van der Waals surface area contributed by atoms with Crippen LogP contribution in [-0.4, -0.2) is 59.7 Å². The summed E-state index contributed by atoms with van der Waals surface area (Å²) in [6.07, 6.45) is 5.20. The number of cyclic esters (lactones) is 1. The molecule has 0 amide bonds. The number of carbonyl (C=O) groups excluding carboxylic acids is 1. The molecule has 158 valence electrons. The monoisotopic (exact) mass is 403 g/mol. The van der Waals surface area contributed by atoms with Gasteiger partial charge in [0.15, 0.2) is 5.76 Å². The first kappa shape index (κ1) is 18.2. The van der Waals surface area contributed by atoms with Gasteiger partial charge in [-0.3, -0.25) is 4.90 Å². The van der Waals surface area contributed by atoms with Crippen LogP contribution in [-0.2, 0) is 23.7 Å². The summed E-state index contributed by atoms with van der Waals surface area (Å²) < 4.78 is 24.6. The highest BCUT2D eigenvalue weighted by Gasteiger charge is 2.84. The van der Waals surface area contributed by atoms with Gasteiger partial charge in [-0.05, 0) is 45.6 Å². The van der Waals surface area contributed by atoms with E-state index in [0.717, 1.165) is 38.6 Å². The normalized spacial score (nSPS) is 51.1. The van der Waals surface area contributed by atoms with Gasteiger partial charge in [-0.15, -0.1) is 0 Å². The van der Waals surface area contributed by atoms with E-state index in [1.807, 2.05) is 0 Å². The molecular weight excluding hydrogens is 374 g/mol. The van der Waals surface area contributed by atoms with E-state index >= 15 is 0 Å². The molecule has 6 aliphatic rings. The molecule has 0 aliphatic carbocycles. The van der Waals surface area contributed by atoms with Crippen molar-refractivity contribution in [3.8, 4) is 0 Å². The summed E-state index contributed by atoms with van der Waals surface area (Å²) in [5.41, 5.74) is 0.525. The van der Waals surface area contributed by atoms with Crippen molar-refractivity contribution < 1.29 is 28.8 Å². The van der Waals surface area contributed by atoms with Gasteiger partial charge >= 0.3 is 5.97 Å². The number of unbranched alkanes of at least 4 members (excludes halogenated alkanes) is 1. The van der Waals surface area contributed by atoms with Crippen LogP contribution in [0.15, 0.2) is 22.9 Å². The average molecular weight is 403 g/mol. The Morgan fingerprint density at radius 1 is 1.34 bits per heavy atom. The fourth-order valence-electron chi connectivity index (χ4n) is 7.70. The summed E-state index contributed by atoms with van der Waals surface area (Å²) in [7, 11) is 1.56. The number of aliphatic hydroxyl groups is 1. The zero-order chi connectivity index (χ0) is 20.1. The SMILES string of the molecule is COC1=C(C)C(=O)O/C1=C1\O[C@@]23O[C@@H]4C[C@@H]([C@H]2[C@@H]1C)N1CC[C@H]3[C@@]41CCCCO. The molecule has 0 radical (unpaired) electrons. The summed E-state index contributed by atoms with van der Waals surface area (Å²) in [4.78, 5) is 14.9. The number of ether oxygens (including phenoxy) is 4. The Bertz CT molecular complexity index is 850. The summed E-state index contributed by atoms with van der Waals surface area (Å²) in [5.74, 6) is 1.29. The van der Waals surface area contributed by atoms with Crippen LogP contribution in [0, 0.1) is 17.8 Å². The van der Waals surface area contributed by atoms with Crippen LogP contribution in [0.1, 0.15) is 46.0 Å². The lowest BCUT2D eigenvalue weighted by molar-refractivity contribution is -0.256. The molecule has 0 aromatic carbocycles. The van der Waals surface area contributed by atoms with E-state index in [4.69, 9.17) is 18.9 Å². The Kier molecular flexibility index (Phi) is 3.62. The summed E-state index contributed by atoms with van der Waals surface area (Å²) >= 11 is 0. The van der Waals surface area contributed by atoms with Gasteiger partial charge < -0.3 is 24.1 Å². The number of hydrogen-bond donors (Lipinski definition) is 1. The van der Waals surface area contributed by atoms with Crippen molar-refractivity contribution in [2.75, 3.05) is 20.3 Å². The van der Waals surface area contributed by atoms with E-state index in [9.17, 15) is 9.90 Å². The predicted octanol–water partition coefficient (Wildman–Crippen LogP) is 2.06. The van der Waals surface area contributed by atoms with E-state index < -0.39 is 5.79 Å². The molecule has 6 heterocycles. The minimum atomic E-state index is -0.622. The highest BCUT2D eigenvalue weighted by atomic mass is 16.7. The third kappa shape index (κ3) is 1.89. The quantitative estimate of drug-likeness (QED) is 0.556. The summed E-state index contributed by atoms with van der Waals surface area (Å²) in [5, 5.41) is 9.28. The van der Waals surface area contributed by atoms with Crippen LogP contribution >= 0.6 is 0 Å². The predicted molar refractivity (Wildman–Crippen MR) is 101 cm³/mol. The fraction of sp³-hybridized carbons (Fsp3) is 0.773. The van der Waals surface area contributed by atoms with Crippen LogP contribution in [0.25, 0.3) is 0 Å². The molecule has 5 fully saturated rings. The molecule has 6 aliphatic heterocycles. The maximum Gasteiger partial charge on any atom is 0.343 e. The van der Waals surface area contributed by atoms with Gasteiger partial charge in [-0.1, -0.05) is 6.92 Å². The molecule has 7 heteroatoms. The topological polar surface area (TPSA) is 77.5 Å². The van der Waals surface area contributed by atoms with Gasteiger partial charge in [0, 0.05) is 24.5 Å². The number of aliphatic hydroxyl groups excluding tert-OH is 1. The first-order valence-corrected chi connectivity index (χ1v) is 11.0. The minimum Gasteiger partial charge on any atom is -0.492 e. The third-order valence-electron chi connectivity index (χ3n) is 8.58. The zero-order valence-corrected chi connectivity index (χ0v) is 17.3. The second-order valence-corrected chi connectivity index (χ2v) is 9.50. The zero-order valence-electron chi connectivity index (χ0n) is 17.3. The molecular formula is C22H29NO6. The van der Waals surface area contributed by atoms with Crippen molar-refractivity contribution in [3.63, 3.8) is 0 Å². The number of rotatable bonds is 5. The second kappa shape index (κ2) is 5.77. The van der Waals surface area contributed by atoms with E-state index in [1.54, 1.807) is 14.0 Å². The Balaban J connectivity index is 1.43. The molecule has 29 heavy (non-hydrogen) atoms. The van der Waals surface area contributed by atoms with Gasteiger partial charge in [-0.2, -0.15) is 0 Å². The smallest absolute Gasteiger partial charge is 0.343 e. The van der Waals surface area contributed by atoms with E-state index in [0.29, 0.717) is 34.8 Å². The molecule has 5 bridgehead atoms. The van der Waals surface area contributed by atoms with Crippen molar-refractivity contribution in [2.45, 2.75) is 69.4 Å². The van der Waals surface area contributed by atoms with Gasteiger partial charge in [-0.25, -0.2) is 4.79 Å². The molecule has 1 spiro atoms. The standard InChI is InChI=1S/C22H29NO6/c1-11-16-13-10-15-21(7-4-5-9-24)14(6-8-23(13)21)22(16,28-15)29-18(11)19-17(26-3)12(2)20(25)27-19/h11,13-16,24H,4-10H2,1-3H3/b19-18-/t11-,13-,14-,15+,16+,21-,22+/m0/s1. The Hall–Kier alpha value is -1.57. The summed E-state index contributed by atoms with van der Waals surface area (Å²) in [6, 6.07) is 0.433. The van der Waals surface area contributed by atoms with E-state index in [1.165, 1.54) is 0 Å². The van der Waals surface area contributed by atoms with Crippen molar-refractivity contribution >= 4 is 5.97 Å².